The molecule has 0 aliphatic heterocycles. The third-order valence-corrected chi connectivity index (χ3v) is 2.08. The smallest absolute Gasteiger partial charge is 0.243 e. The number of hydrazone groups is 1. The van der Waals surface area contributed by atoms with Gasteiger partial charge < -0.3 is 0 Å². The summed E-state index contributed by atoms with van der Waals surface area (Å²) in [5.41, 5.74) is 3.48. The van der Waals surface area contributed by atoms with E-state index in [0.29, 0.717) is 5.95 Å². The lowest BCUT2D eigenvalue weighted by molar-refractivity contribution is 1.11. The third-order valence-electron chi connectivity index (χ3n) is 1.67. The Hall–Kier alpha value is -1.82. The van der Waals surface area contributed by atoms with Gasteiger partial charge in [-0.3, -0.25) is 4.98 Å². The summed E-state index contributed by atoms with van der Waals surface area (Å²) in [6.07, 6.45) is 6.60. The molecule has 6 heteroatoms. The highest BCUT2D eigenvalue weighted by Gasteiger charge is 1.92. The van der Waals surface area contributed by atoms with Gasteiger partial charge in [0.2, 0.25) is 5.95 Å². The standard InChI is InChI=1S/C10H8BrN5/c11-8-5-13-10(14-6-8)16-15-7-9-3-1-2-4-12-9/h1-7H,(H,13,14,16)/b15-7+. The second kappa shape index (κ2) is 5.32. The van der Waals surface area contributed by atoms with Crippen LogP contribution < -0.4 is 5.43 Å². The lowest BCUT2D eigenvalue weighted by Crippen LogP contribution is -1.96. The highest BCUT2D eigenvalue weighted by atomic mass is 79.9. The lowest BCUT2D eigenvalue weighted by atomic mass is 10.4. The summed E-state index contributed by atoms with van der Waals surface area (Å²) in [5.74, 6) is 0.440. The van der Waals surface area contributed by atoms with Crippen LogP contribution in [0.2, 0.25) is 0 Å². The minimum atomic E-state index is 0.440. The molecule has 16 heavy (non-hydrogen) atoms. The summed E-state index contributed by atoms with van der Waals surface area (Å²) in [5, 5.41) is 3.96. The van der Waals surface area contributed by atoms with Crippen LogP contribution >= 0.6 is 15.9 Å². The molecule has 0 saturated heterocycles. The largest absolute Gasteiger partial charge is 0.255 e. The van der Waals surface area contributed by atoms with Crippen molar-refractivity contribution in [2.75, 3.05) is 5.43 Å². The number of rotatable bonds is 3. The Morgan fingerprint density at radius 3 is 2.69 bits per heavy atom. The molecule has 1 N–H and O–H groups in total. The summed E-state index contributed by atoms with van der Waals surface area (Å²) in [4.78, 5) is 12.1. The van der Waals surface area contributed by atoms with Crippen molar-refractivity contribution in [3.63, 3.8) is 0 Å². The van der Waals surface area contributed by atoms with E-state index >= 15 is 0 Å². The van der Waals surface area contributed by atoms with Crippen molar-refractivity contribution in [3.8, 4) is 0 Å². The van der Waals surface area contributed by atoms with E-state index in [9.17, 15) is 0 Å². The van der Waals surface area contributed by atoms with Gasteiger partial charge >= 0.3 is 0 Å². The van der Waals surface area contributed by atoms with Gasteiger partial charge in [-0.15, -0.1) is 0 Å². The van der Waals surface area contributed by atoms with Crippen LogP contribution in [0.15, 0.2) is 46.4 Å². The van der Waals surface area contributed by atoms with Gasteiger partial charge in [0.15, 0.2) is 0 Å². The van der Waals surface area contributed by atoms with Gasteiger partial charge in [0.05, 0.1) is 16.4 Å². The van der Waals surface area contributed by atoms with Crippen molar-refractivity contribution >= 4 is 28.1 Å². The van der Waals surface area contributed by atoms with Crippen molar-refractivity contribution in [1.82, 2.24) is 15.0 Å². The van der Waals surface area contributed by atoms with Crippen LogP contribution in [0, 0.1) is 0 Å². The molecule has 0 unspecified atom stereocenters. The van der Waals surface area contributed by atoms with Gasteiger partial charge in [-0.1, -0.05) is 6.07 Å². The number of hydrogen-bond acceptors (Lipinski definition) is 5. The van der Waals surface area contributed by atoms with Gasteiger partial charge in [-0.25, -0.2) is 15.4 Å². The quantitative estimate of drug-likeness (QED) is 0.689. The first-order valence-corrected chi connectivity index (χ1v) is 5.31. The molecule has 0 aromatic carbocycles. The number of pyridine rings is 1. The first-order valence-electron chi connectivity index (χ1n) is 4.52. The summed E-state index contributed by atoms with van der Waals surface area (Å²) in [6.45, 7) is 0. The van der Waals surface area contributed by atoms with Crippen LogP contribution in [0.1, 0.15) is 5.69 Å². The monoisotopic (exact) mass is 277 g/mol. The molecule has 0 fully saturated rings. The number of nitrogens with one attached hydrogen (secondary N) is 1. The third kappa shape index (κ3) is 3.09. The van der Waals surface area contributed by atoms with Gasteiger partial charge in [0.25, 0.3) is 0 Å². The number of halogens is 1. The molecule has 2 aromatic rings. The summed E-state index contributed by atoms with van der Waals surface area (Å²) in [7, 11) is 0. The van der Waals surface area contributed by atoms with E-state index in [4.69, 9.17) is 0 Å². The Bertz CT molecular complexity index is 468. The molecule has 0 amide bonds. The highest BCUT2D eigenvalue weighted by Crippen LogP contribution is 2.06. The fourth-order valence-corrected chi connectivity index (χ4v) is 1.18. The molecule has 5 nitrogen and oxygen atoms in total. The van der Waals surface area contributed by atoms with Gasteiger partial charge in [-0.2, -0.15) is 5.10 Å². The maximum Gasteiger partial charge on any atom is 0.243 e. The molecule has 0 atom stereocenters. The molecule has 2 aromatic heterocycles. The Morgan fingerprint density at radius 1 is 1.19 bits per heavy atom. The molecule has 2 heterocycles. The van der Waals surface area contributed by atoms with Crippen molar-refractivity contribution < 1.29 is 0 Å². The molecule has 80 valence electrons. The Kier molecular flexibility index (Phi) is 3.55. The molecule has 0 spiro atoms. The zero-order chi connectivity index (χ0) is 11.2. The van der Waals surface area contributed by atoms with Crippen molar-refractivity contribution in [2.24, 2.45) is 5.10 Å². The van der Waals surface area contributed by atoms with E-state index in [1.54, 1.807) is 24.8 Å². The normalized spacial score (nSPS) is 10.6. The topological polar surface area (TPSA) is 63.1 Å². The average molecular weight is 278 g/mol. The summed E-state index contributed by atoms with van der Waals surface area (Å²) < 4.78 is 0.826. The Labute approximate surface area is 101 Å². The summed E-state index contributed by atoms with van der Waals surface area (Å²) >= 11 is 3.25. The van der Waals surface area contributed by atoms with E-state index < -0.39 is 0 Å². The zero-order valence-corrected chi connectivity index (χ0v) is 9.79. The van der Waals surface area contributed by atoms with Crippen molar-refractivity contribution in [2.45, 2.75) is 0 Å². The predicted molar refractivity (Wildman–Crippen MR) is 65.2 cm³/mol. The van der Waals surface area contributed by atoms with E-state index in [1.165, 1.54) is 0 Å². The highest BCUT2D eigenvalue weighted by molar-refractivity contribution is 9.10. The predicted octanol–water partition coefficient (Wildman–Crippen LogP) is 2.08. The number of anilines is 1. The van der Waals surface area contributed by atoms with E-state index in [2.05, 4.69) is 41.4 Å². The first-order chi connectivity index (χ1) is 7.84. The Balaban J connectivity index is 1.97. The molecule has 0 radical (unpaired) electrons. The van der Waals surface area contributed by atoms with Crippen LogP contribution in [0.4, 0.5) is 5.95 Å². The second-order valence-electron chi connectivity index (χ2n) is 2.85. The lowest BCUT2D eigenvalue weighted by Gasteiger charge is -1.96. The number of aromatic nitrogens is 3. The molecule has 2 rings (SSSR count). The molecular weight excluding hydrogens is 270 g/mol. The molecular formula is C10H8BrN5. The molecule has 0 bridgehead atoms. The molecule has 0 saturated carbocycles. The summed E-state index contributed by atoms with van der Waals surface area (Å²) in [6, 6.07) is 5.60. The Morgan fingerprint density at radius 2 is 2.00 bits per heavy atom. The van der Waals surface area contributed by atoms with E-state index in [0.717, 1.165) is 10.2 Å². The maximum absolute atomic E-state index is 4.09. The second-order valence-corrected chi connectivity index (χ2v) is 3.77. The van der Waals surface area contributed by atoms with Crippen LogP contribution in [0.3, 0.4) is 0 Å². The van der Waals surface area contributed by atoms with Crippen molar-refractivity contribution in [3.05, 3.63) is 47.0 Å². The first kappa shape index (κ1) is 10.7. The molecule has 0 aliphatic carbocycles. The molecule has 0 aliphatic rings. The van der Waals surface area contributed by atoms with Gasteiger partial charge in [-0.05, 0) is 28.1 Å². The number of nitrogens with zero attached hydrogens (tertiary/aromatic N) is 4. The van der Waals surface area contributed by atoms with Crippen LogP contribution in [-0.2, 0) is 0 Å². The maximum atomic E-state index is 4.09. The van der Waals surface area contributed by atoms with Crippen LogP contribution in [-0.4, -0.2) is 21.2 Å². The number of hydrogen-bond donors (Lipinski definition) is 1. The van der Waals surface area contributed by atoms with E-state index in [1.807, 2.05) is 18.2 Å². The van der Waals surface area contributed by atoms with Crippen LogP contribution in [0.25, 0.3) is 0 Å². The van der Waals surface area contributed by atoms with E-state index in [-0.39, 0.29) is 0 Å². The minimum Gasteiger partial charge on any atom is -0.255 e. The van der Waals surface area contributed by atoms with Gasteiger partial charge in [0, 0.05) is 18.6 Å². The fraction of sp³-hybridized carbons (Fsp3) is 0. The zero-order valence-electron chi connectivity index (χ0n) is 8.21. The van der Waals surface area contributed by atoms with Gasteiger partial charge in [0.1, 0.15) is 0 Å². The average Bonchev–Trinajstić information content (AvgIpc) is 2.33. The van der Waals surface area contributed by atoms with Crippen molar-refractivity contribution in [1.29, 1.82) is 0 Å². The SMILES string of the molecule is Brc1cnc(N/N=C/c2ccccn2)nc1. The minimum absolute atomic E-state index is 0.440. The fourth-order valence-electron chi connectivity index (χ4n) is 0.978. The van der Waals surface area contributed by atoms with Crippen LogP contribution in [0.5, 0.6) is 0 Å².